The summed E-state index contributed by atoms with van der Waals surface area (Å²) >= 11 is 5.27. The monoisotopic (exact) mass is 467 g/mol. The van der Waals surface area contributed by atoms with E-state index in [1.165, 1.54) is 19.3 Å². The minimum atomic E-state index is -0.298. The summed E-state index contributed by atoms with van der Waals surface area (Å²) in [4.78, 5) is 24.9. The number of hydrogen-bond acceptors (Lipinski definition) is 4. The first-order chi connectivity index (χ1) is 16.0. The number of amides is 2. The van der Waals surface area contributed by atoms with E-state index in [9.17, 15) is 9.59 Å². The van der Waals surface area contributed by atoms with Crippen molar-refractivity contribution in [1.29, 1.82) is 0 Å². The Kier molecular flexibility index (Phi) is 9.69. The van der Waals surface area contributed by atoms with Gasteiger partial charge in [-0.15, -0.1) is 0 Å². The molecular formula is C26H33N3O3S. The van der Waals surface area contributed by atoms with E-state index in [0.717, 1.165) is 37.9 Å². The molecule has 0 heterocycles. The molecule has 3 rings (SSSR count). The van der Waals surface area contributed by atoms with Crippen LogP contribution in [0.4, 0.5) is 5.69 Å². The first-order valence-corrected chi connectivity index (χ1v) is 12.2. The van der Waals surface area contributed by atoms with Crippen LogP contribution in [0.1, 0.15) is 79.0 Å². The highest BCUT2D eigenvalue weighted by Crippen LogP contribution is 2.18. The van der Waals surface area contributed by atoms with Gasteiger partial charge in [-0.1, -0.05) is 39.0 Å². The number of rotatable bonds is 9. The summed E-state index contributed by atoms with van der Waals surface area (Å²) < 4.78 is 5.67. The van der Waals surface area contributed by atoms with Crippen molar-refractivity contribution in [3.8, 4) is 5.75 Å². The van der Waals surface area contributed by atoms with Crippen LogP contribution in [0.5, 0.6) is 5.75 Å². The molecule has 2 aromatic rings. The fourth-order valence-corrected chi connectivity index (χ4v) is 4.01. The maximum Gasteiger partial charge on any atom is 0.257 e. The van der Waals surface area contributed by atoms with Gasteiger partial charge in [-0.05, 0) is 80.0 Å². The Bertz CT molecular complexity index is 923. The number of ether oxygens (including phenoxy) is 1. The predicted molar refractivity (Wildman–Crippen MR) is 136 cm³/mol. The number of unbranched alkanes of at least 4 members (excludes halogenated alkanes) is 2. The average molecular weight is 468 g/mol. The molecule has 2 aromatic carbocycles. The van der Waals surface area contributed by atoms with Gasteiger partial charge < -0.3 is 15.4 Å². The highest BCUT2D eigenvalue weighted by Gasteiger charge is 2.16. The molecule has 33 heavy (non-hydrogen) atoms. The van der Waals surface area contributed by atoms with E-state index in [1.807, 2.05) is 0 Å². The van der Waals surface area contributed by atoms with Gasteiger partial charge in [-0.25, -0.2) is 0 Å². The van der Waals surface area contributed by atoms with Gasteiger partial charge in [-0.2, -0.15) is 0 Å². The number of carbonyl (C=O) groups is 2. The van der Waals surface area contributed by atoms with Crippen molar-refractivity contribution in [2.75, 3.05) is 11.9 Å². The van der Waals surface area contributed by atoms with Crippen molar-refractivity contribution in [2.45, 2.75) is 64.3 Å². The van der Waals surface area contributed by atoms with Crippen LogP contribution in [-0.2, 0) is 0 Å². The first kappa shape index (κ1) is 24.7. The van der Waals surface area contributed by atoms with Gasteiger partial charge >= 0.3 is 0 Å². The van der Waals surface area contributed by atoms with Crippen LogP contribution < -0.4 is 20.7 Å². The molecular weight excluding hydrogens is 434 g/mol. The smallest absolute Gasteiger partial charge is 0.257 e. The van der Waals surface area contributed by atoms with Crippen LogP contribution in [-0.4, -0.2) is 29.6 Å². The Morgan fingerprint density at radius 1 is 0.909 bits per heavy atom. The molecule has 6 nitrogen and oxygen atoms in total. The summed E-state index contributed by atoms with van der Waals surface area (Å²) in [5.74, 6) is 0.395. The van der Waals surface area contributed by atoms with Crippen molar-refractivity contribution >= 4 is 34.8 Å². The van der Waals surface area contributed by atoms with Crippen LogP contribution >= 0.6 is 12.2 Å². The number of thiocarbonyl (C=S) groups is 1. The number of hydrogen-bond donors (Lipinski definition) is 3. The molecule has 7 heteroatoms. The third kappa shape index (κ3) is 8.17. The molecule has 176 valence electrons. The van der Waals surface area contributed by atoms with Crippen LogP contribution in [0.3, 0.4) is 0 Å². The van der Waals surface area contributed by atoms with Crippen LogP contribution in [0, 0.1) is 0 Å². The second-order valence-electron chi connectivity index (χ2n) is 8.37. The second-order valence-corrected chi connectivity index (χ2v) is 8.78. The summed E-state index contributed by atoms with van der Waals surface area (Å²) in [6, 6.07) is 14.3. The van der Waals surface area contributed by atoms with Crippen molar-refractivity contribution in [3.05, 3.63) is 59.7 Å². The molecule has 1 saturated carbocycles. The fraction of sp³-hybridized carbons (Fsp3) is 0.423. The van der Waals surface area contributed by atoms with E-state index in [1.54, 1.807) is 48.5 Å². The van der Waals surface area contributed by atoms with E-state index in [-0.39, 0.29) is 23.0 Å². The van der Waals surface area contributed by atoms with Crippen molar-refractivity contribution in [1.82, 2.24) is 10.6 Å². The van der Waals surface area contributed by atoms with E-state index < -0.39 is 0 Å². The van der Waals surface area contributed by atoms with Gasteiger partial charge in [0.2, 0.25) is 0 Å². The molecule has 0 radical (unpaired) electrons. The molecule has 0 aromatic heterocycles. The Hall–Kier alpha value is -2.93. The number of carbonyl (C=O) groups excluding carboxylic acids is 2. The third-order valence-electron chi connectivity index (χ3n) is 5.71. The standard InChI is InChI=1S/C26H33N3O3S/c1-2-3-7-18-32-23-16-12-20(13-17-23)25(31)29-26(33)28-22-14-10-19(11-15-22)24(30)27-21-8-5-4-6-9-21/h10-17,21H,2-9,18H2,1H3,(H,27,30)(H2,28,29,31,33). The van der Waals surface area contributed by atoms with E-state index in [2.05, 4.69) is 22.9 Å². The maximum absolute atomic E-state index is 12.5. The van der Waals surface area contributed by atoms with Crippen molar-refractivity contribution < 1.29 is 14.3 Å². The molecule has 1 aliphatic carbocycles. The van der Waals surface area contributed by atoms with E-state index >= 15 is 0 Å². The SMILES string of the molecule is CCCCCOc1ccc(C(=O)NC(=S)Nc2ccc(C(=O)NC3CCCCC3)cc2)cc1. The summed E-state index contributed by atoms with van der Waals surface area (Å²) in [6.45, 7) is 2.83. The average Bonchev–Trinajstić information content (AvgIpc) is 2.83. The van der Waals surface area contributed by atoms with Crippen LogP contribution in [0.25, 0.3) is 0 Å². The Labute approximate surface area is 201 Å². The molecule has 0 atom stereocenters. The molecule has 3 N–H and O–H groups in total. The zero-order chi connectivity index (χ0) is 23.5. The van der Waals surface area contributed by atoms with Crippen molar-refractivity contribution in [3.63, 3.8) is 0 Å². The highest BCUT2D eigenvalue weighted by molar-refractivity contribution is 7.80. The molecule has 1 aliphatic rings. The molecule has 0 spiro atoms. The summed E-state index contributed by atoms with van der Waals surface area (Å²) in [5, 5.41) is 8.96. The maximum atomic E-state index is 12.5. The lowest BCUT2D eigenvalue weighted by Crippen LogP contribution is -2.36. The summed E-state index contributed by atoms with van der Waals surface area (Å²) in [5.41, 5.74) is 1.80. The van der Waals surface area contributed by atoms with Crippen molar-refractivity contribution in [2.24, 2.45) is 0 Å². The lowest BCUT2D eigenvalue weighted by molar-refractivity contribution is 0.0926. The highest BCUT2D eigenvalue weighted by atomic mass is 32.1. The first-order valence-electron chi connectivity index (χ1n) is 11.8. The summed E-state index contributed by atoms with van der Waals surface area (Å²) in [7, 11) is 0. The minimum Gasteiger partial charge on any atom is -0.494 e. The normalized spacial score (nSPS) is 13.7. The van der Waals surface area contributed by atoms with Gasteiger partial charge in [0.15, 0.2) is 5.11 Å². The zero-order valence-electron chi connectivity index (χ0n) is 19.2. The van der Waals surface area contributed by atoms with Crippen LogP contribution in [0.2, 0.25) is 0 Å². The van der Waals surface area contributed by atoms with Gasteiger partial charge in [-0.3, -0.25) is 14.9 Å². The van der Waals surface area contributed by atoms with E-state index in [0.29, 0.717) is 23.4 Å². The minimum absolute atomic E-state index is 0.0536. The zero-order valence-corrected chi connectivity index (χ0v) is 20.0. The Morgan fingerprint density at radius 3 is 2.21 bits per heavy atom. The Morgan fingerprint density at radius 2 is 1.55 bits per heavy atom. The molecule has 0 unspecified atom stereocenters. The molecule has 2 amide bonds. The second kappa shape index (κ2) is 12.9. The van der Waals surface area contributed by atoms with Gasteiger partial charge in [0.1, 0.15) is 5.75 Å². The topological polar surface area (TPSA) is 79.5 Å². The molecule has 1 fully saturated rings. The van der Waals surface area contributed by atoms with Gasteiger partial charge in [0.25, 0.3) is 11.8 Å². The molecule has 0 bridgehead atoms. The number of benzene rings is 2. The number of anilines is 1. The van der Waals surface area contributed by atoms with Gasteiger partial charge in [0.05, 0.1) is 6.61 Å². The predicted octanol–water partition coefficient (Wildman–Crippen LogP) is 5.44. The quantitative estimate of drug-likeness (QED) is 0.338. The summed E-state index contributed by atoms with van der Waals surface area (Å²) in [6.07, 6.45) is 9.01. The molecule has 0 aliphatic heterocycles. The lowest BCUT2D eigenvalue weighted by Gasteiger charge is -2.22. The molecule has 0 saturated heterocycles. The van der Waals surface area contributed by atoms with Gasteiger partial charge in [0, 0.05) is 22.9 Å². The third-order valence-corrected chi connectivity index (χ3v) is 5.91. The van der Waals surface area contributed by atoms with Crippen LogP contribution in [0.15, 0.2) is 48.5 Å². The van der Waals surface area contributed by atoms with E-state index in [4.69, 9.17) is 17.0 Å². The fourth-order valence-electron chi connectivity index (χ4n) is 3.80. The largest absolute Gasteiger partial charge is 0.494 e. The number of nitrogens with one attached hydrogen (secondary N) is 3. The lowest BCUT2D eigenvalue weighted by atomic mass is 9.95. The Balaban J connectivity index is 1.44.